The number of aryl methyl sites for hydroxylation is 1. The summed E-state index contributed by atoms with van der Waals surface area (Å²) in [6.07, 6.45) is 1.74. The lowest BCUT2D eigenvalue weighted by Gasteiger charge is -2.15. The van der Waals surface area contributed by atoms with E-state index in [1.54, 1.807) is 12.1 Å². The number of halogens is 1. The Labute approximate surface area is 214 Å². The third-order valence-electron chi connectivity index (χ3n) is 5.91. The first-order valence-corrected chi connectivity index (χ1v) is 12.1. The van der Waals surface area contributed by atoms with Crippen molar-refractivity contribution in [3.8, 4) is 17.6 Å². The normalized spacial score (nSPS) is 11.6. The Kier molecular flexibility index (Phi) is 6.62. The lowest BCUT2D eigenvalue weighted by molar-refractivity contribution is 0.270. The molecule has 5 aromatic rings. The maximum Gasteiger partial charge on any atom is 0.180 e. The zero-order valence-electron chi connectivity index (χ0n) is 20.0. The molecule has 0 aliphatic rings. The van der Waals surface area contributed by atoms with Crippen LogP contribution >= 0.6 is 11.6 Å². The molecule has 0 bridgehead atoms. The number of aromatic amines is 1. The Bertz CT molecular complexity index is 1640. The van der Waals surface area contributed by atoms with Gasteiger partial charge < -0.3 is 14.5 Å². The van der Waals surface area contributed by atoms with Crippen LogP contribution in [-0.2, 0) is 6.61 Å². The zero-order valence-corrected chi connectivity index (χ0v) is 20.8. The molecule has 1 aromatic heterocycles. The molecule has 0 fully saturated rings. The number of hydrogen-bond donors (Lipinski definition) is 1. The molecule has 6 heteroatoms. The third-order valence-corrected chi connectivity index (χ3v) is 6.19. The summed E-state index contributed by atoms with van der Waals surface area (Å²) in [5, 5.41) is 12.5. The highest BCUT2D eigenvalue weighted by atomic mass is 35.5. The number of benzene rings is 4. The van der Waals surface area contributed by atoms with E-state index in [0.717, 1.165) is 32.9 Å². The smallest absolute Gasteiger partial charge is 0.180 e. The fourth-order valence-corrected chi connectivity index (χ4v) is 4.49. The van der Waals surface area contributed by atoms with Crippen LogP contribution in [0.25, 0.3) is 33.5 Å². The maximum atomic E-state index is 9.85. The molecule has 4 aromatic carbocycles. The lowest BCUT2D eigenvalue weighted by Crippen LogP contribution is -2.01. The Morgan fingerprint density at radius 3 is 2.72 bits per heavy atom. The number of nitrogens with one attached hydrogen (secondary N) is 1. The van der Waals surface area contributed by atoms with Gasteiger partial charge in [0.05, 0.1) is 28.2 Å². The SMILES string of the molecule is CCOc1cc(C=C(C#N)c2nc3ccc(C)cc3[nH]2)cc(Cl)c1OCc1cccc2ccccc12. The number of nitrogens with zero attached hydrogens (tertiary/aromatic N) is 2. The second-order valence-electron chi connectivity index (χ2n) is 8.47. The first-order chi connectivity index (χ1) is 17.6. The van der Waals surface area contributed by atoms with Crippen molar-refractivity contribution in [3.05, 3.63) is 100 Å². The van der Waals surface area contributed by atoms with E-state index in [2.05, 4.69) is 34.2 Å². The van der Waals surface area contributed by atoms with Crippen LogP contribution in [0.1, 0.15) is 29.4 Å². The molecule has 5 nitrogen and oxygen atoms in total. The molecule has 5 rings (SSSR count). The van der Waals surface area contributed by atoms with E-state index in [-0.39, 0.29) is 0 Å². The predicted octanol–water partition coefficient (Wildman–Crippen LogP) is 7.72. The number of allylic oxidation sites excluding steroid dienone is 1. The van der Waals surface area contributed by atoms with Crippen LogP contribution in [0.4, 0.5) is 0 Å². The molecule has 36 heavy (non-hydrogen) atoms. The van der Waals surface area contributed by atoms with E-state index < -0.39 is 0 Å². The molecule has 1 heterocycles. The van der Waals surface area contributed by atoms with E-state index >= 15 is 0 Å². The van der Waals surface area contributed by atoms with Crippen LogP contribution < -0.4 is 9.47 Å². The molecule has 178 valence electrons. The quantitative estimate of drug-likeness (QED) is 0.235. The Balaban J connectivity index is 1.47. The molecule has 1 N–H and O–H groups in total. The summed E-state index contributed by atoms with van der Waals surface area (Å²) in [5.74, 6) is 1.50. The van der Waals surface area contributed by atoms with E-state index in [4.69, 9.17) is 21.1 Å². The number of ether oxygens (including phenoxy) is 2. The van der Waals surface area contributed by atoms with Gasteiger partial charge in [-0.1, -0.05) is 60.1 Å². The van der Waals surface area contributed by atoms with Gasteiger partial charge in [0.2, 0.25) is 0 Å². The minimum atomic E-state index is 0.345. The van der Waals surface area contributed by atoms with Gasteiger partial charge in [0.25, 0.3) is 0 Å². The van der Waals surface area contributed by atoms with Crippen LogP contribution in [0.15, 0.2) is 72.8 Å². The minimum Gasteiger partial charge on any atom is -0.490 e. The maximum absolute atomic E-state index is 9.85. The van der Waals surface area contributed by atoms with Gasteiger partial charge in [0.15, 0.2) is 11.5 Å². The summed E-state index contributed by atoms with van der Waals surface area (Å²) in [7, 11) is 0. The number of aromatic nitrogens is 2. The van der Waals surface area contributed by atoms with Crippen LogP contribution in [0, 0.1) is 18.3 Å². The largest absolute Gasteiger partial charge is 0.490 e. The van der Waals surface area contributed by atoms with E-state index in [0.29, 0.717) is 46.7 Å². The second kappa shape index (κ2) is 10.2. The molecule has 0 amide bonds. The first kappa shape index (κ1) is 23.5. The van der Waals surface area contributed by atoms with Crippen LogP contribution in [-0.4, -0.2) is 16.6 Å². The van der Waals surface area contributed by atoms with Crippen molar-refractivity contribution >= 4 is 45.1 Å². The number of fused-ring (bicyclic) bond motifs is 2. The second-order valence-corrected chi connectivity index (χ2v) is 8.87. The summed E-state index contributed by atoms with van der Waals surface area (Å²) >= 11 is 6.67. The van der Waals surface area contributed by atoms with Crippen molar-refractivity contribution in [2.24, 2.45) is 0 Å². The summed E-state index contributed by atoms with van der Waals surface area (Å²) in [6, 6.07) is 26.1. The van der Waals surface area contributed by atoms with E-state index in [1.165, 1.54) is 0 Å². The van der Waals surface area contributed by atoms with Gasteiger partial charge >= 0.3 is 0 Å². The summed E-state index contributed by atoms with van der Waals surface area (Å²) < 4.78 is 12.0. The fraction of sp³-hybridized carbons (Fsp3) is 0.133. The molecule has 0 saturated heterocycles. The van der Waals surface area contributed by atoms with Crippen LogP contribution in [0.2, 0.25) is 5.02 Å². The number of H-pyrrole nitrogens is 1. The molecule has 0 atom stereocenters. The molecule has 0 unspecified atom stereocenters. The van der Waals surface area contributed by atoms with E-state index in [1.807, 2.05) is 62.4 Å². The lowest BCUT2D eigenvalue weighted by atomic mass is 10.1. The number of nitriles is 1. The number of rotatable bonds is 7. The van der Waals surface area contributed by atoms with Crippen LogP contribution in [0.5, 0.6) is 11.5 Å². The minimum absolute atomic E-state index is 0.345. The molecule has 0 saturated carbocycles. The Morgan fingerprint density at radius 2 is 1.89 bits per heavy atom. The molecule has 0 radical (unpaired) electrons. The van der Waals surface area contributed by atoms with Crippen molar-refractivity contribution in [2.75, 3.05) is 6.61 Å². The highest BCUT2D eigenvalue weighted by Gasteiger charge is 2.15. The monoisotopic (exact) mass is 493 g/mol. The average molecular weight is 494 g/mol. The summed E-state index contributed by atoms with van der Waals surface area (Å²) in [4.78, 5) is 7.81. The predicted molar refractivity (Wildman–Crippen MR) is 145 cm³/mol. The van der Waals surface area contributed by atoms with Crippen molar-refractivity contribution in [3.63, 3.8) is 0 Å². The molecule has 0 aliphatic carbocycles. The van der Waals surface area contributed by atoms with Gasteiger partial charge in [-0.05, 0) is 71.7 Å². The Morgan fingerprint density at radius 1 is 1.06 bits per heavy atom. The van der Waals surface area contributed by atoms with Crippen molar-refractivity contribution in [1.82, 2.24) is 9.97 Å². The van der Waals surface area contributed by atoms with E-state index in [9.17, 15) is 5.26 Å². The molecular weight excluding hydrogens is 470 g/mol. The van der Waals surface area contributed by atoms with Crippen LogP contribution in [0.3, 0.4) is 0 Å². The number of hydrogen-bond acceptors (Lipinski definition) is 4. The number of imidazole rings is 1. The highest BCUT2D eigenvalue weighted by Crippen LogP contribution is 2.38. The first-order valence-electron chi connectivity index (χ1n) is 11.7. The molecule has 0 aliphatic heterocycles. The van der Waals surface area contributed by atoms with Gasteiger partial charge in [-0.25, -0.2) is 4.98 Å². The zero-order chi connectivity index (χ0) is 25.1. The third kappa shape index (κ3) is 4.77. The van der Waals surface area contributed by atoms with Gasteiger partial charge in [0.1, 0.15) is 18.5 Å². The van der Waals surface area contributed by atoms with Gasteiger partial charge in [-0.2, -0.15) is 5.26 Å². The fourth-order valence-electron chi connectivity index (χ4n) is 4.21. The topological polar surface area (TPSA) is 70.9 Å². The van der Waals surface area contributed by atoms with Gasteiger partial charge in [-0.15, -0.1) is 0 Å². The van der Waals surface area contributed by atoms with Gasteiger partial charge in [0, 0.05) is 0 Å². The molecule has 0 spiro atoms. The Hall–Kier alpha value is -4.27. The van der Waals surface area contributed by atoms with Crippen molar-refractivity contribution in [2.45, 2.75) is 20.5 Å². The highest BCUT2D eigenvalue weighted by molar-refractivity contribution is 6.32. The molecular formula is C30H24ClN3O2. The summed E-state index contributed by atoms with van der Waals surface area (Å²) in [6.45, 7) is 4.71. The standard InChI is InChI=1S/C30H24ClN3O2/c1-3-35-28-16-20(14-23(17-32)30-33-26-12-11-19(2)13-27(26)34-30)15-25(31)29(28)36-18-22-9-6-8-21-7-4-5-10-24(21)22/h4-16H,3,18H2,1-2H3,(H,33,34). The van der Waals surface area contributed by atoms with Gasteiger partial charge in [-0.3, -0.25) is 0 Å². The van der Waals surface area contributed by atoms with Crippen molar-refractivity contribution in [1.29, 1.82) is 5.26 Å². The van der Waals surface area contributed by atoms with Crippen molar-refractivity contribution < 1.29 is 9.47 Å². The summed E-state index contributed by atoms with van der Waals surface area (Å²) in [5.41, 5.74) is 4.98. The average Bonchev–Trinajstić information content (AvgIpc) is 3.30.